The van der Waals surface area contributed by atoms with Gasteiger partial charge in [-0.05, 0) is 55.5 Å². The number of carbonyl (C=O) groups excluding carboxylic acids is 1. The second-order valence-corrected chi connectivity index (χ2v) is 10.8. The highest BCUT2D eigenvalue weighted by atomic mass is 35.5. The van der Waals surface area contributed by atoms with E-state index in [4.69, 9.17) is 11.6 Å². The molecule has 11 heteroatoms. The van der Waals surface area contributed by atoms with Gasteiger partial charge in [-0.1, -0.05) is 29.8 Å². The SMILES string of the molecule is O=C1CCCc2ccc(Nc3ncc(Cl)c(Nc4ccccc4S(=O)(=O)N4CCCC4)n3)cc2N1. The zero-order chi connectivity index (χ0) is 24.4. The van der Waals surface area contributed by atoms with E-state index in [1.54, 1.807) is 24.3 Å². The first-order valence-electron chi connectivity index (χ1n) is 11.5. The number of hydrogen-bond donors (Lipinski definition) is 3. The molecule has 0 bridgehead atoms. The molecule has 0 unspecified atom stereocenters. The Balaban J connectivity index is 1.40. The van der Waals surface area contributed by atoms with Crippen LogP contribution in [0.5, 0.6) is 0 Å². The fourth-order valence-electron chi connectivity index (χ4n) is 4.27. The molecule has 0 atom stereocenters. The maximum Gasteiger partial charge on any atom is 0.245 e. The average molecular weight is 513 g/mol. The Morgan fingerprint density at radius 2 is 1.80 bits per heavy atom. The number of nitrogens with zero attached hydrogens (tertiary/aromatic N) is 3. The standard InChI is InChI=1S/C24H25ClN6O3S/c25-18-15-26-24(27-17-11-10-16-6-5-9-22(32)28-20(16)14-17)30-23(18)29-19-7-1-2-8-21(19)35(33,34)31-12-3-4-13-31/h1-2,7-8,10-11,14-15H,3-6,9,12-13H2,(H,28,32)(H2,26,27,29,30). The number of aromatic nitrogens is 2. The molecule has 2 aliphatic rings. The summed E-state index contributed by atoms with van der Waals surface area (Å²) in [7, 11) is -3.64. The molecule has 3 heterocycles. The first-order valence-corrected chi connectivity index (χ1v) is 13.3. The lowest BCUT2D eigenvalue weighted by atomic mass is 10.1. The van der Waals surface area contributed by atoms with Crippen LogP contribution in [0.15, 0.2) is 53.6 Å². The van der Waals surface area contributed by atoms with E-state index in [0.717, 1.165) is 36.9 Å². The predicted molar refractivity (Wildman–Crippen MR) is 136 cm³/mol. The molecule has 3 aromatic rings. The Labute approximate surface area is 209 Å². The third kappa shape index (κ3) is 5.09. The number of anilines is 5. The van der Waals surface area contributed by atoms with Crippen LogP contribution in [-0.4, -0.2) is 41.7 Å². The van der Waals surface area contributed by atoms with Crippen molar-refractivity contribution >= 4 is 56.4 Å². The Kier molecular flexibility index (Phi) is 6.59. The lowest BCUT2D eigenvalue weighted by Gasteiger charge is -2.19. The first-order chi connectivity index (χ1) is 16.9. The molecule has 2 aromatic carbocycles. The van der Waals surface area contributed by atoms with Crippen LogP contribution in [0.4, 0.5) is 28.8 Å². The molecule has 0 saturated carbocycles. The monoisotopic (exact) mass is 512 g/mol. The van der Waals surface area contributed by atoms with Gasteiger partial charge in [-0.15, -0.1) is 0 Å². The topological polar surface area (TPSA) is 116 Å². The van der Waals surface area contributed by atoms with E-state index in [2.05, 4.69) is 25.9 Å². The molecule has 9 nitrogen and oxygen atoms in total. The summed E-state index contributed by atoms with van der Waals surface area (Å²) in [5.74, 6) is 0.547. The van der Waals surface area contributed by atoms with Gasteiger partial charge in [0.1, 0.15) is 9.92 Å². The minimum Gasteiger partial charge on any atom is -0.338 e. The highest BCUT2D eigenvalue weighted by Gasteiger charge is 2.29. The predicted octanol–water partition coefficient (Wildman–Crippen LogP) is 4.68. The summed E-state index contributed by atoms with van der Waals surface area (Å²) in [6, 6.07) is 12.4. The third-order valence-electron chi connectivity index (χ3n) is 6.06. The molecule has 1 saturated heterocycles. The van der Waals surface area contributed by atoms with Crippen LogP contribution < -0.4 is 16.0 Å². The maximum atomic E-state index is 13.2. The highest BCUT2D eigenvalue weighted by Crippen LogP contribution is 2.32. The Bertz CT molecular complexity index is 1380. The number of amides is 1. The minimum absolute atomic E-state index is 0.00215. The van der Waals surface area contributed by atoms with Gasteiger partial charge >= 0.3 is 0 Å². The van der Waals surface area contributed by atoms with Gasteiger partial charge in [0, 0.05) is 30.9 Å². The second-order valence-electron chi connectivity index (χ2n) is 8.52. The molecule has 2 aliphatic heterocycles. The zero-order valence-electron chi connectivity index (χ0n) is 18.9. The van der Waals surface area contributed by atoms with E-state index >= 15 is 0 Å². The van der Waals surface area contributed by atoms with Crippen molar-refractivity contribution in [2.45, 2.75) is 37.0 Å². The van der Waals surface area contributed by atoms with Crippen molar-refractivity contribution in [3.05, 3.63) is 59.2 Å². The van der Waals surface area contributed by atoms with Crippen molar-refractivity contribution in [3.8, 4) is 0 Å². The van der Waals surface area contributed by atoms with Crippen LogP contribution in [0.3, 0.4) is 0 Å². The van der Waals surface area contributed by atoms with Gasteiger partial charge in [0.25, 0.3) is 0 Å². The van der Waals surface area contributed by atoms with Crippen LogP contribution in [0.2, 0.25) is 5.02 Å². The van der Waals surface area contributed by atoms with Gasteiger partial charge in [-0.3, -0.25) is 4.79 Å². The number of carbonyl (C=O) groups is 1. The molecule has 0 radical (unpaired) electrons. The molecule has 0 spiro atoms. The largest absolute Gasteiger partial charge is 0.338 e. The summed E-state index contributed by atoms with van der Waals surface area (Å²) in [5, 5.41) is 9.39. The van der Waals surface area contributed by atoms with Gasteiger partial charge in [0.15, 0.2) is 5.82 Å². The van der Waals surface area contributed by atoms with E-state index in [1.807, 2.05) is 18.2 Å². The van der Waals surface area contributed by atoms with Gasteiger partial charge in [-0.2, -0.15) is 9.29 Å². The number of fused-ring (bicyclic) bond motifs is 1. The van der Waals surface area contributed by atoms with Crippen LogP contribution >= 0.6 is 11.6 Å². The Morgan fingerprint density at radius 3 is 2.63 bits per heavy atom. The van der Waals surface area contributed by atoms with Crippen molar-refractivity contribution in [2.75, 3.05) is 29.0 Å². The van der Waals surface area contributed by atoms with Gasteiger partial charge in [0.2, 0.25) is 21.9 Å². The number of sulfonamides is 1. The molecule has 182 valence electrons. The average Bonchev–Trinajstić information content (AvgIpc) is 3.33. The van der Waals surface area contributed by atoms with Crippen LogP contribution in [0, 0.1) is 0 Å². The van der Waals surface area contributed by atoms with Gasteiger partial charge in [-0.25, -0.2) is 13.4 Å². The summed E-state index contributed by atoms with van der Waals surface area (Å²) in [4.78, 5) is 20.8. The maximum absolute atomic E-state index is 13.2. The van der Waals surface area contributed by atoms with Crippen LogP contribution in [0.25, 0.3) is 0 Å². The third-order valence-corrected chi connectivity index (χ3v) is 8.29. The summed E-state index contributed by atoms with van der Waals surface area (Å²) < 4.78 is 27.9. The lowest BCUT2D eigenvalue weighted by Crippen LogP contribution is -2.28. The zero-order valence-corrected chi connectivity index (χ0v) is 20.5. The summed E-state index contributed by atoms with van der Waals surface area (Å²) >= 11 is 6.35. The summed E-state index contributed by atoms with van der Waals surface area (Å²) in [6.07, 6.45) is 5.31. The Hall–Kier alpha value is -3.21. The molecule has 3 N–H and O–H groups in total. The molecule has 5 rings (SSSR count). The number of rotatable bonds is 6. The molecular formula is C24H25ClN6O3S. The molecular weight excluding hydrogens is 488 g/mol. The molecule has 1 fully saturated rings. The second kappa shape index (κ2) is 9.80. The first kappa shape index (κ1) is 23.5. The van der Waals surface area contributed by atoms with E-state index in [-0.39, 0.29) is 27.6 Å². The van der Waals surface area contributed by atoms with Crippen molar-refractivity contribution in [1.29, 1.82) is 0 Å². The van der Waals surface area contributed by atoms with Crippen molar-refractivity contribution in [1.82, 2.24) is 14.3 Å². The van der Waals surface area contributed by atoms with E-state index in [9.17, 15) is 13.2 Å². The van der Waals surface area contributed by atoms with E-state index in [0.29, 0.717) is 30.9 Å². The number of aryl methyl sites for hydroxylation is 1. The molecule has 1 amide bonds. The lowest BCUT2D eigenvalue weighted by molar-refractivity contribution is -0.116. The number of nitrogens with one attached hydrogen (secondary N) is 3. The molecule has 35 heavy (non-hydrogen) atoms. The van der Waals surface area contributed by atoms with Crippen molar-refractivity contribution in [3.63, 3.8) is 0 Å². The normalized spacial score (nSPS) is 16.3. The fourth-order valence-corrected chi connectivity index (χ4v) is 6.08. The van der Waals surface area contributed by atoms with Crippen LogP contribution in [-0.2, 0) is 21.2 Å². The number of halogens is 1. The highest BCUT2D eigenvalue weighted by molar-refractivity contribution is 7.89. The smallest absolute Gasteiger partial charge is 0.245 e. The van der Waals surface area contributed by atoms with Crippen molar-refractivity contribution < 1.29 is 13.2 Å². The minimum atomic E-state index is -3.64. The van der Waals surface area contributed by atoms with Crippen LogP contribution in [0.1, 0.15) is 31.2 Å². The van der Waals surface area contributed by atoms with E-state index < -0.39 is 10.0 Å². The number of hydrogen-bond acceptors (Lipinski definition) is 7. The summed E-state index contributed by atoms with van der Waals surface area (Å²) in [6.45, 7) is 1.03. The quantitative estimate of drug-likeness (QED) is 0.439. The van der Waals surface area contributed by atoms with E-state index in [1.165, 1.54) is 10.5 Å². The molecule has 0 aliphatic carbocycles. The van der Waals surface area contributed by atoms with Crippen molar-refractivity contribution in [2.24, 2.45) is 0 Å². The molecule has 1 aromatic heterocycles. The fraction of sp³-hybridized carbons (Fsp3) is 0.292. The summed E-state index contributed by atoms with van der Waals surface area (Å²) in [5.41, 5.74) is 2.94. The number of para-hydroxylation sites is 1. The van der Waals surface area contributed by atoms with Gasteiger partial charge in [0.05, 0.1) is 11.9 Å². The number of benzene rings is 2. The Morgan fingerprint density at radius 1 is 1.00 bits per heavy atom. The van der Waals surface area contributed by atoms with Gasteiger partial charge < -0.3 is 16.0 Å².